The van der Waals surface area contributed by atoms with Gasteiger partial charge in [0.2, 0.25) is 5.91 Å². The highest BCUT2D eigenvalue weighted by Gasteiger charge is 2.49. The van der Waals surface area contributed by atoms with Crippen LogP contribution in [0.4, 0.5) is 10.5 Å². The molecule has 2 aromatic carbocycles. The molecule has 1 aliphatic heterocycles. The van der Waals surface area contributed by atoms with Crippen LogP contribution in [-0.2, 0) is 15.1 Å². The number of rotatable bonds is 7. The van der Waals surface area contributed by atoms with Gasteiger partial charge in [0.1, 0.15) is 24.4 Å². The van der Waals surface area contributed by atoms with Crippen LogP contribution in [0.3, 0.4) is 0 Å². The van der Waals surface area contributed by atoms with E-state index in [1.165, 1.54) is 0 Å². The van der Waals surface area contributed by atoms with Crippen molar-refractivity contribution < 1.29 is 19.1 Å². The summed E-state index contributed by atoms with van der Waals surface area (Å²) in [6.07, 6.45) is 0. The van der Waals surface area contributed by atoms with Crippen LogP contribution in [0.2, 0.25) is 0 Å². The molecule has 30 heavy (non-hydrogen) atoms. The maximum absolute atomic E-state index is 13.0. The lowest BCUT2D eigenvalue weighted by Gasteiger charge is -2.22. The molecule has 0 aliphatic carbocycles. The number of aryl methyl sites for hydroxylation is 1. The molecule has 0 aromatic heterocycles. The molecule has 2 N–H and O–H groups in total. The third kappa shape index (κ3) is 4.51. The minimum atomic E-state index is -1.26. The first-order valence-corrected chi connectivity index (χ1v) is 9.57. The smallest absolute Gasteiger partial charge is 0.325 e. The van der Waals surface area contributed by atoms with E-state index in [-0.39, 0.29) is 6.54 Å². The Balaban J connectivity index is 1.70. The van der Waals surface area contributed by atoms with E-state index in [2.05, 4.69) is 17.2 Å². The van der Waals surface area contributed by atoms with Crippen LogP contribution < -0.4 is 15.4 Å². The van der Waals surface area contributed by atoms with Crippen molar-refractivity contribution in [2.24, 2.45) is 0 Å². The number of urea groups is 1. The van der Waals surface area contributed by atoms with E-state index in [0.717, 1.165) is 16.0 Å². The molecule has 3 rings (SSSR count). The van der Waals surface area contributed by atoms with Gasteiger partial charge in [-0.1, -0.05) is 30.8 Å². The second kappa shape index (κ2) is 8.41. The van der Waals surface area contributed by atoms with E-state index in [1.54, 1.807) is 37.3 Å². The van der Waals surface area contributed by atoms with Crippen molar-refractivity contribution in [2.75, 3.05) is 18.5 Å². The molecule has 1 atom stereocenters. The summed E-state index contributed by atoms with van der Waals surface area (Å²) in [5.74, 6) is -0.295. The number of nitrogens with one attached hydrogen (secondary N) is 2. The van der Waals surface area contributed by atoms with Crippen LogP contribution in [0.1, 0.15) is 25.0 Å². The summed E-state index contributed by atoms with van der Waals surface area (Å²) >= 11 is 0. The largest absolute Gasteiger partial charge is 0.489 e. The molecule has 7 heteroatoms. The number of amides is 4. The fourth-order valence-corrected chi connectivity index (χ4v) is 3.19. The average Bonchev–Trinajstić information content (AvgIpc) is 2.90. The monoisotopic (exact) mass is 407 g/mol. The van der Waals surface area contributed by atoms with E-state index in [4.69, 9.17) is 4.74 Å². The maximum Gasteiger partial charge on any atom is 0.325 e. The summed E-state index contributed by atoms with van der Waals surface area (Å²) < 4.78 is 5.57. The zero-order chi connectivity index (χ0) is 21.9. The molecule has 1 fully saturated rings. The molecule has 1 saturated heterocycles. The minimum Gasteiger partial charge on any atom is -0.489 e. The lowest BCUT2D eigenvalue weighted by Crippen LogP contribution is -2.42. The Morgan fingerprint density at radius 2 is 1.90 bits per heavy atom. The third-order valence-electron chi connectivity index (χ3n) is 4.80. The van der Waals surface area contributed by atoms with E-state index >= 15 is 0 Å². The molecule has 1 heterocycles. The number of nitrogens with zero attached hydrogens (tertiary/aromatic N) is 1. The quantitative estimate of drug-likeness (QED) is 0.544. The summed E-state index contributed by atoms with van der Waals surface area (Å²) in [4.78, 5) is 38.7. The predicted octanol–water partition coefficient (Wildman–Crippen LogP) is 3.36. The van der Waals surface area contributed by atoms with Crippen LogP contribution in [-0.4, -0.2) is 35.9 Å². The molecule has 156 valence electrons. The number of carbonyl (C=O) groups is 3. The minimum absolute atomic E-state index is 0.367. The lowest BCUT2D eigenvalue weighted by atomic mass is 9.92. The molecule has 0 radical (unpaired) electrons. The van der Waals surface area contributed by atoms with Crippen LogP contribution in [0.25, 0.3) is 0 Å². The number of imide groups is 1. The SMILES string of the molecule is C=C(C)COc1ccc(C2(C)NC(=O)N(CC(=O)Nc3cccc(C)c3)C2=O)cc1. The standard InChI is InChI=1S/C23H25N3O4/c1-15(2)14-30-19-10-8-17(9-11-19)23(4)21(28)26(22(29)25-23)13-20(27)24-18-7-5-6-16(3)12-18/h5-12H,1,13-14H2,2-4H3,(H,24,27)(H,25,29). The summed E-state index contributed by atoms with van der Waals surface area (Å²) in [5.41, 5.74) is 1.84. The van der Waals surface area contributed by atoms with Gasteiger partial charge in [0.15, 0.2) is 0 Å². The van der Waals surface area contributed by atoms with Gasteiger partial charge in [-0.2, -0.15) is 0 Å². The Bertz CT molecular complexity index is 1000. The van der Waals surface area contributed by atoms with E-state index in [1.807, 2.05) is 32.0 Å². The average molecular weight is 407 g/mol. The molecular weight excluding hydrogens is 382 g/mol. The fourth-order valence-electron chi connectivity index (χ4n) is 3.19. The highest BCUT2D eigenvalue weighted by atomic mass is 16.5. The molecule has 1 aliphatic rings. The molecule has 7 nitrogen and oxygen atoms in total. The number of anilines is 1. The first kappa shape index (κ1) is 21.1. The third-order valence-corrected chi connectivity index (χ3v) is 4.80. The zero-order valence-electron chi connectivity index (χ0n) is 17.3. The zero-order valence-corrected chi connectivity index (χ0v) is 17.3. The van der Waals surface area contributed by atoms with Crippen molar-refractivity contribution in [1.29, 1.82) is 0 Å². The Hall–Kier alpha value is -3.61. The van der Waals surface area contributed by atoms with Gasteiger partial charge in [0.05, 0.1) is 0 Å². The summed E-state index contributed by atoms with van der Waals surface area (Å²) in [7, 11) is 0. The number of ether oxygens (including phenoxy) is 1. The Kier molecular flexibility index (Phi) is 5.91. The van der Waals surface area contributed by atoms with Gasteiger partial charge in [0, 0.05) is 5.69 Å². The van der Waals surface area contributed by atoms with Gasteiger partial charge in [-0.15, -0.1) is 0 Å². The number of benzene rings is 2. The number of carbonyl (C=O) groups excluding carboxylic acids is 3. The van der Waals surface area contributed by atoms with E-state index in [0.29, 0.717) is 23.6 Å². The van der Waals surface area contributed by atoms with Gasteiger partial charge >= 0.3 is 6.03 Å². The molecule has 1 unspecified atom stereocenters. The molecule has 0 bridgehead atoms. The normalized spacial score (nSPS) is 18.2. The number of hydrogen-bond acceptors (Lipinski definition) is 4. The van der Waals surface area contributed by atoms with Crippen molar-refractivity contribution in [1.82, 2.24) is 10.2 Å². The second-order valence-electron chi connectivity index (χ2n) is 7.63. The highest BCUT2D eigenvalue weighted by Crippen LogP contribution is 2.30. The maximum atomic E-state index is 13.0. The Morgan fingerprint density at radius 3 is 2.53 bits per heavy atom. The van der Waals surface area contributed by atoms with Crippen LogP contribution in [0.15, 0.2) is 60.7 Å². The first-order chi connectivity index (χ1) is 14.2. The molecule has 2 aromatic rings. The second-order valence-corrected chi connectivity index (χ2v) is 7.63. The van der Waals surface area contributed by atoms with Crippen LogP contribution in [0, 0.1) is 6.92 Å². The predicted molar refractivity (Wildman–Crippen MR) is 114 cm³/mol. The van der Waals surface area contributed by atoms with Gasteiger partial charge in [0.25, 0.3) is 5.91 Å². The summed E-state index contributed by atoms with van der Waals surface area (Å²) in [6, 6.07) is 13.6. The molecule has 0 spiro atoms. The van der Waals surface area contributed by atoms with Crippen molar-refractivity contribution >= 4 is 23.5 Å². The summed E-state index contributed by atoms with van der Waals surface area (Å²) in [6.45, 7) is 9.22. The van der Waals surface area contributed by atoms with Crippen LogP contribution >= 0.6 is 0 Å². The van der Waals surface area contributed by atoms with Crippen LogP contribution in [0.5, 0.6) is 5.75 Å². The Labute approximate surface area is 175 Å². The van der Waals surface area contributed by atoms with Gasteiger partial charge < -0.3 is 15.4 Å². The van der Waals surface area contributed by atoms with E-state index in [9.17, 15) is 14.4 Å². The van der Waals surface area contributed by atoms with Crippen molar-refractivity contribution in [2.45, 2.75) is 26.3 Å². The van der Waals surface area contributed by atoms with Crippen molar-refractivity contribution in [3.8, 4) is 5.75 Å². The fraction of sp³-hybridized carbons (Fsp3) is 0.261. The highest BCUT2D eigenvalue weighted by molar-refractivity contribution is 6.10. The molecular formula is C23H25N3O4. The molecule has 4 amide bonds. The Morgan fingerprint density at radius 1 is 1.20 bits per heavy atom. The van der Waals surface area contributed by atoms with Gasteiger partial charge in [-0.25, -0.2) is 4.79 Å². The van der Waals surface area contributed by atoms with Gasteiger partial charge in [-0.05, 0) is 61.7 Å². The number of hydrogen-bond donors (Lipinski definition) is 2. The lowest BCUT2D eigenvalue weighted by molar-refractivity contribution is -0.133. The molecule has 0 saturated carbocycles. The van der Waals surface area contributed by atoms with E-state index < -0.39 is 23.4 Å². The van der Waals surface area contributed by atoms with Gasteiger partial charge in [-0.3, -0.25) is 14.5 Å². The first-order valence-electron chi connectivity index (χ1n) is 9.57. The van der Waals surface area contributed by atoms with Crippen molar-refractivity contribution in [3.05, 3.63) is 71.8 Å². The summed E-state index contributed by atoms with van der Waals surface area (Å²) in [5, 5.41) is 5.41. The van der Waals surface area contributed by atoms with Crippen molar-refractivity contribution in [3.63, 3.8) is 0 Å². The topological polar surface area (TPSA) is 87.7 Å².